The maximum absolute atomic E-state index is 3.30. The SMILES string of the molecule is Cc1ccccc1C1=CCN(CCc2cccc3[nH]ccc23)CC1. The van der Waals surface area contributed by atoms with E-state index in [9.17, 15) is 0 Å². The summed E-state index contributed by atoms with van der Waals surface area (Å²) in [6.07, 6.45) is 6.72. The molecule has 0 spiro atoms. The van der Waals surface area contributed by atoms with Crippen LogP contribution < -0.4 is 0 Å². The number of H-pyrrole nitrogens is 1. The van der Waals surface area contributed by atoms with Crippen LogP contribution in [-0.4, -0.2) is 29.5 Å². The lowest BCUT2D eigenvalue weighted by atomic mass is 9.95. The lowest BCUT2D eigenvalue weighted by Gasteiger charge is -2.27. The molecule has 2 heterocycles. The summed E-state index contributed by atoms with van der Waals surface area (Å²) >= 11 is 0. The van der Waals surface area contributed by atoms with Crippen molar-refractivity contribution in [3.63, 3.8) is 0 Å². The van der Waals surface area contributed by atoms with Gasteiger partial charge in [-0.1, -0.05) is 42.5 Å². The quantitative estimate of drug-likeness (QED) is 0.732. The number of rotatable bonds is 4. The average Bonchev–Trinajstić information content (AvgIpc) is 3.10. The first-order chi connectivity index (χ1) is 11.8. The molecule has 4 rings (SSSR count). The first-order valence-corrected chi connectivity index (χ1v) is 8.83. The number of aryl methyl sites for hydroxylation is 1. The van der Waals surface area contributed by atoms with Crippen LogP contribution in [0, 0.1) is 6.92 Å². The first kappa shape index (κ1) is 15.2. The number of benzene rings is 2. The summed E-state index contributed by atoms with van der Waals surface area (Å²) in [4.78, 5) is 5.87. The Balaban J connectivity index is 1.41. The minimum atomic E-state index is 1.06. The molecular formula is C22H24N2. The van der Waals surface area contributed by atoms with Crippen LogP contribution >= 0.6 is 0 Å². The highest BCUT2D eigenvalue weighted by Gasteiger charge is 2.14. The predicted octanol–water partition coefficient (Wildman–Crippen LogP) is 4.81. The predicted molar refractivity (Wildman–Crippen MR) is 102 cm³/mol. The van der Waals surface area contributed by atoms with Crippen LogP contribution in [0.1, 0.15) is 23.1 Å². The van der Waals surface area contributed by atoms with Crippen molar-refractivity contribution in [1.82, 2.24) is 9.88 Å². The third-order valence-corrected chi connectivity index (χ3v) is 5.17. The van der Waals surface area contributed by atoms with Gasteiger partial charge in [0, 0.05) is 36.7 Å². The summed E-state index contributed by atoms with van der Waals surface area (Å²) in [5.74, 6) is 0. The second-order valence-electron chi connectivity index (χ2n) is 6.70. The van der Waals surface area contributed by atoms with Gasteiger partial charge in [-0.05, 0) is 54.2 Å². The second kappa shape index (κ2) is 6.66. The standard InChI is InChI=1S/C22H24N2/c1-17-5-2-3-7-20(17)19-11-15-24(16-12-19)14-10-18-6-4-8-22-21(18)9-13-23-22/h2-9,11,13,23H,10,12,14-16H2,1H3. The van der Waals surface area contributed by atoms with E-state index in [-0.39, 0.29) is 0 Å². The largest absolute Gasteiger partial charge is 0.361 e. The molecule has 1 N–H and O–H groups in total. The Kier molecular flexibility index (Phi) is 4.22. The Morgan fingerprint density at radius 2 is 1.96 bits per heavy atom. The molecule has 2 aromatic carbocycles. The van der Waals surface area contributed by atoms with Gasteiger partial charge in [-0.15, -0.1) is 0 Å². The molecule has 0 atom stereocenters. The van der Waals surface area contributed by atoms with Crippen molar-refractivity contribution >= 4 is 16.5 Å². The molecule has 0 bridgehead atoms. The van der Waals surface area contributed by atoms with Crippen LogP contribution in [0.15, 0.2) is 60.8 Å². The molecule has 2 heteroatoms. The van der Waals surface area contributed by atoms with Crippen molar-refractivity contribution in [2.45, 2.75) is 19.8 Å². The van der Waals surface area contributed by atoms with Crippen LogP contribution in [0.2, 0.25) is 0 Å². The summed E-state index contributed by atoms with van der Waals surface area (Å²) < 4.78 is 0. The number of nitrogens with one attached hydrogen (secondary N) is 1. The van der Waals surface area contributed by atoms with Gasteiger partial charge in [0.05, 0.1) is 0 Å². The lowest BCUT2D eigenvalue weighted by Crippen LogP contribution is -2.30. The zero-order chi connectivity index (χ0) is 16.4. The van der Waals surface area contributed by atoms with E-state index in [2.05, 4.69) is 71.4 Å². The summed E-state index contributed by atoms with van der Waals surface area (Å²) in [6.45, 7) is 5.55. The number of aromatic amines is 1. The normalized spacial score (nSPS) is 15.6. The fourth-order valence-electron chi connectivity index (χ4n) is 3.74. The molecule has 1 aliphatic heterocycles. The fraction of sp³-hybridized carbons (Fsp3) is 0.273. The van der Waals surface area contributed by atoms with Gasteiger partial charge < -0.3 is 4.98 Å². The summed E-state index contributed by atoms with van der Waals surface area (Å²) in [6, 6.07) is 17.5. The molecule has 3 aromatic rings. The van der Waals surface area contributed by atoms with Crippen LogP contribution in [-0.2, 0) is 6.42 Å². The van der Waals surface area contributed by atoms with E-state index in [0.717, 1.165) is 32.5 Å². The van der Waals surface area contributed by atoms with Gasteiger partial charge >= 0.3 is 0 Å². The van der Waals surface area contributed by atoms with Crippen molar-refractivity contribution < 1.29 is 0 Å². The fourth-order valence-corrected chi connectivity index (χ4v) is 3.74. The molecule has 1 aromatic heterocycles. The van der Waals surface area contributed by atoms with E-state index in [0.29, 0.717) is 0 Å². The van der Waals surface area contributed by atoms with Gasteiger partial charge in [-0.2, -0.15) is 0 Å². The Labute approximate surface area is 143 Å². The maximum Gasteiger partial charge on any atom is 0.0456 e. The Morgan fingerprint density at radius 3 is 2.79 bits per heavy atom. The summed E-state index contributed by atoms with van der Waals surface area (Å²) in [5.41, 5.74) is 7.01. The first-order valence-electron chi connectivity index (χ1n) is 8.83. The maximum atomic E-state index is 3.30. The molecule has 0 saturated heterocycles. The molecule has 1 aliphatic rings. The van der Waals surface area contributed by atoms with E-state index in [1.807, 2.05) is 6.20 Å². The average molecular weight is 316 g/mol. The highest BCUT2D eigenvalue weighted by Crippen LogP contribution is 2.25. The number of fused-ring (bicyclic) bond motifs is 1. The Morgan fingerprint density at radius 1 is 1.04 bits per heavy atom. The van der Waals surface area contributed by atoms with Gasteiger partial charge in [0.25, 0.3) is 0 Å². The van der Waals surface area contributed by atoms with Gasteiger partial charge in [0.2, 0.25) is 0 Å². The third kappa shape index (κ3) is 3.02. The molecule has 2 nitrogen and oxygen atoms in total. The van der Waals surface area contributed by atoms with Crippen molar-refractivity contribution in [3.8, 4) is 0 Å². The van der Waals surface area contributed by atoms with E-state index in [4.69, 9.17) is 0 Å². The number of aromatic nitrogens is 1. The molecule has 122 valence electrons. The van der Waals surface area contributed by atoms with E-state index >= 15 is 0 Å². The van der Waals surface area contributed by atoms with Crippen LogP contribution in [0.4, 0.5) is 0 Å². The topological polar surface area (TPSA) is 19.0 Å². The van der Waals surface area contributed by atoms with E-state index in [1.54, 1.807) is 0 Å². The number of nitrogens with zero attached hydrogens (tertiary/aromatic N) is 1. The van der Waals surface area contributed by atoms with E-state index in [1.165, 1.54) is 33.2 Å². The lowest BCUT2D eigenvalue weighted by molar-refractivity contribution is 0.306. The van der Waals surface area contributed by atoms with Gasteiger partial charge in [-0.3, -0.25) is 4.90 Å². The van der Waals surface area contributed by atoms with E-state index < -0.39 is 0 Å². The highest BCUT2D eigenvalue weighted by atomic mass is 15.1. The zero-order valence-corrected chi connectivity index (χ0v) is 14.3. The molecule has 24 heavy (non-hydrogen) atoms. The minimum absolute atomic E-state index is 1.06. The van der Waals surface area contributed by atoms with Crippen LogP contribution in [0.25, 0.3) is 16.5 Å². The van der Waals surface area contributed by atoms with Crippen molar-refractivity contribution in [3.05, 3.63) is 77.5 Å². The highest BCUT2D eigenvalue weighted by molar-refractivity contribution is 5.82. The van der Waals surface area contributed by atoms with Crippen molar-refractivity contribution in [2.75, 3.05) is 19.6 Å². The summed E-state index contributed by atoms with van der Waals surface area (Å²) in [5, 5.41) is 1.37. The van der Waals surface area contributed by atoms with Crippen LogP contribution in [0.5, 0.6) is 0 Å². The zero-order valence-electron chi connectivity index (χ0n) is 14.3. The molecule has 0 unspecified atom stereocenters. The molecule has 0 fully saturated rings. The number of hydrogen-bond acceptors (Lipinski definition) is 1. The summed E-state index contributed by atoms with van der Waals surface area (Å²) in [7, 11) is 0. The van der Waals surface area contributed by atoms with Crippen LogP contribution in [0.3, 0.4) is 0 Å². The Bertz CT molecular complexity index is 872. The molecule has 0 saturated carbocycles. The second-order valence-corrected chi connectivity index (χ2v) is 6.70. The van der Waals surface area contributed by atoms with Gasteiger partial charge in [0.15, 0.2) is 0 Å². The third-order valence-electron chi connectivity index (χ3n) is 5.17. The van der Waals surface area contributed by atoms with Crippen molar-refractivity contribution in [2.24, 2.45) is 0 Å². The smallest absolute Gasteiger partial charge is 0.0456 e. The molecular weight excluding hydrogens is 292 g/mol. The van der Waals surface area contributed by atoms with Crippen molar-refractivity contribution in [1.29, 1.82) is 0 Å². The van der Waals surface area contributed by atoms with Gasteiger partial charge in [-0.25, -0.2) is 0 Å². The van der Waals surface area contributed by atoms with Gasteiger partial charge in [0.1, 0.15) is 0 Å². The molecule has 0 aliphatic carbocycles. The molecule has 0 amide bonds. The minimum Gasteiger partial charge on any atom is -0.361 e. The Hall–Kier alpha value is -2.32. The number of hydrogen-bond donors (Lipinski definition) is 1. The monoisotopic (exact) mass is 316 g/mol. The molecule has 0 radical (unpaired) electrons.